The van der Waals surface area contributed by atoms with Gasteiger partial charge in [-0.15, -0.1) is 0 Å². The van der Waals surface area contributed by atoms with Crippen molar-refractivity contribution >= 4 is 0 Å². The molecule has 4 aromatic rings. The van der Waals surface area contributed by atoms with Crippen LogP contribution < -0.4 is 15.2 Å². The van der Waals surface area contributed by atoms with Gasteiger partial charge in [-0.2, -0.15) is 0 Å². The number of benzene rings is 4. The summed E-state index contributed by atoms with van der Waals surface area (Å²) in [4.78, 5) is 0. The molecule has 4 nitrogen and oxygen atoms in total. The molecule has 0 spiro atoms. The Labute approximate surface area is 220 Å². The molecule has 190 valence electrons. The first-order valence-electron chi connectivity index (χ1n) is 13.2. The van der Waals surface area contributed by atoms with E-state index in [1.165, 1.54) is 27.8 Å². The van der Waals surface area contributed by atoms with Crippen LogP contribution in [0.15, 0.2) is 103 Å². The maximum Gasteiger partial charge on any atom is 0.120 e. The normalized spacial score (nSPS) is 16.7. The minimum Gasteiger partial charge on any atom is -0.491 e. The molecule has 0 saturated carbocycles. The molecule has 2 N–H and O–H groups in total. The summed E-state index contributed by atoms with van der Waals surface area (Å²) >= 11 is 0. The monoisotopic (exact) mass is 493 g/mol. The van der Waals surface area contributed by atoms with Crippen LogP contribution >= 0.6 is 0 Å². The number of hydrogen-bond donors (Lipinski definition) is 1. The second-order valence-electron chi connectivity index (χ2n) is 9.49. The first kappa shape index (κ1) is 25.1. The van der Waals surface area contributed by atoms with E-state index < -0.39 is 0 Å². The number of hydrogen-bond acceptors (Lipinski definition) is 4. The van der Waals surface area contributed by atoms with Gasteiger partial charge in [0.25, 0.3) is 0 Å². The molecule has 4 heteroatoms. The van der Waals surface area contributed by atoms with Crippen molar-refractivity contribution < 1.29 is 14.2 Å². The van der Waals surface area contributed by atoms with Gasteiger partial charge in [-0.3, -0.25) is 0 Å². The van der Waals surface area contributed by atoms with E-state index in [1.54, 1.807) is 0 Å². The van der Waals surface area contributed by atoms with Gasteiger partial charge in [-0.25, -0.2) is 0 Å². The predicted molar refractivity (Wildman–Crippen MR) is 148 cm³/mol. The second-order valence-corrected chi connectivity index (χ2v) is 9.49. The molecular weight excluding hydrogens is 458 g/mol. The lowest BCUT2D eigenvalue weighted by Crippen LogP contribution is -2.20. The van der Waals surface area contributed by atoms with Gasteiger partial charge < -0.3 is 19.9 Å². The zero-order valence-corrected chi connectivity index (χ0v) is 21.2. The van der Waals surface area contributed by atoms with Crippen LogP contribution in [0.2, 0.25) is 0 Å². The van der Waals surface area contributed by atoms with Crippen LogP contribution in [0.5, 0.6) is 11.5 Å². The smallest absolute Gasteiger partial charge is 0.120 e. The zero-order valence-electron chi connectivity index (χ0n) is 21.2. The summed E-state index contributed by atoms with van der Waals surface area (Å²) in [5.74, 6) is 2.48. The van der Waals surface area contributed by atoms with E-state index in [9.17, 15) is 0 Å². The van der Waals surface area contributed by atoms with Gasteiger partial charge in [0.15, 0.2) is 0 Å². The van der Waals surface area contributed by atoms with Gasteiger partial charge in [0.2, 0.25) is 0 Å². The van der Waals surface area contributed by atoms with E-state index in [2.05, 4.69) is 84.9 Å². The minimum atomic E-state index is 0.274. The van der Waals surface area contributed by atoms with Crippen molar-refractivity contribution in [2.24, 2.45) is 5.73 Å². The van der Waals surface area contributed by atoms with E-state index in [1.807, 2.05) is 18.2 Å². The molecule has 0 radical (unpaired) electrons. The molecule has 1 aliphatic carbocycles. The summed E-state index contributed by atoms with van der Waals surface area (Å²) in [5, 5.41) is 0. The SMILES string of the molecule is NCCOCCOc1ccc(C2c3ccc(OCc4ccccc4)cc3CCC2c2ccccc2)cc1. The third kappa shape index (κ3) is 6.40. The summed E-state index contributed by atoms with van der Waals surface area (Å²) in [6.45, 7) is 2.72. The molecule has 2 atom stereocenters. The number of fused-ring (bicyclic) bond motifs is 1. The van der Waals surface area contributed by atoms with Gasteiger partial charge in [0.1, 0.15) is 24.7 Å². The Morgan fingerprint density at radius 1 is 0.676 bits per heavy atom. The molecule has 0 amide bonds. The highest BCUT2D eigenvalue weighted by molar-refractivity contribution is 5.48. The highest BCUT2D eigenvalue weighted by atomic mass is 16.5. The molecule has 0 aromatic heterocycles. The minimum absolute atomic E-state index is 0.274. The van der Waals surface area contributed by atoms with Crippen LogP contribution in [0, 0.1) is 0 Å². The Balaban J connectivity index is 1.37. The average molecular weight is 494 g/mol. The quantitative estimate of drug-likeness (QED) is 0.243. The third-order valence-electron chi connectivity index (χ3n) is 7.05. The number of rotatable bonds is 11. The Kier molecular flexibility index (Phi) is 8.52. The van der Waals surface area contributed by atoms with E-state index >= 15 is 0 Å². The van der Waals surface area contributed by atoms with Gasteiger partial charge in [-0.1, -0.05) is 78.9 Å². The van der Waals surface area contributed by atoms with Gasteiger partial charge in [0, 0.05) is 12.5 Å². The first-order chi connectivity index (χ1) is 18.3. The number of ether oxygens (including phenoxy) is 3. The molecule has 0 aliphatic heterocycles. The molecule has 37 heavy (non-hydrogen) atoms. The van der Waals surface area contributed by atoms with Gasteiger partial charge in [0.05, 0.1) is 13.2 Å². The average Bonchev–Trinajstić information content (AvgIpc) is 2.96. The van der Waals surface area contributed by atoms with Crippen LogP contribution in [-0.4, -0.2) is 26.4 Å². The van der Waals surface area contributed by atoms with Gasteiger partial charge in [-0.05, 0) is 70.8 Å². The van der Waals surface area contributed by atoms with Crippen LogP contribution in [0.25, 0.3) is 0 Å². The summed E-state index contributed by atoms with van der Waals surface area (Å²) in [6, 6.07) is 36.4. The van der Waals surface area contributed by atoms with Crippen LogP contribution in [0.3, 0.4) is 0 Å². The van der Waals surface area contributed by atoms with Crippen LogP contribution in [0.1, 0.15) is 46.1 Å². The predicted octanol–water partition coefficient (Wildman–Crippen LogP) is 6.48. The molecule has 0 fully saturated rings. The largest absolute Gasteiger partial charge is 0.491 e. The Morgan fingerprint density at radius 3 is 2.16 bits per heavy atom. The van der Waals surface area contributed by atoms with Crippen LogP contribution in [-0.2, 0) is 17.8 Å². The molecule has 1 aliphatic rings. The Morgan fingerprint density at radius 2 is 1.41 bits per heavy atom. The van der Waals surface area contributed by atoms with Crippen molar-refractivity contribution in [3.63, 3.8) is 0 Å². The molecular formula is C33H35NO3. The third-order valence-corrected chi connectivity index (χ3v) is 7.05. The molecule has 0 bridgehead atoms. The summed E-state index contributed by atoms with van der Waals surface area (Å²) in [5.41, 5.74) is 12.1. The summed E-state index contributed by atoms with van der Waals surface area (Å²) in [6.07, 6.45) is 2.14. The molecule has 0 heterocycles. The van der Waals surface area contributed by atoms with Crippen molar-refractivity contribution in [1.29, 1.82) is 0 Å². The molecule has 2 unspecified atom stereocenters. The first-order valence-corrected chi connectivity index (χ1v) is 13.2. The fourth-order valence-electron chi connectivity index (χ4n) is 5.27. The topological polar surface area (TPSA) is 53.7 Å². The lowest BCUT2D eigenvalue weighted by molar-refractivity contribution is 0.106. The maximum atomic E-state index is 6.15. The molecule has 0 saturated heterocycles. The highest BCUT2D eigenvalue weighted by Gasteiger charge is 2.32. The summed E-state index contributed by atoms with van der Waals surface area (Å²) < 4.78 is 17.4. The maximum absolute atomic E-state index is 6.15. The molecule has 5 rings (SSSR count). The number of nitrogens with two attached hydrogens (primary N) is 1. The standard InChI is InChI=1S/C33H35NO3/c34-19-20-35-21-22-36-29-14-11-27(12-15-29)33-31(26-9-5-2-6-10-26)17-13-28-23-30(16-18-32(28)33)37-24-25-7-3-1-4-8-25/h1-12,14-16,18,23,31,33H,13,17,19-22,24,34H2. The Bertz CT molecular complexity index is 1240. The van der Waals surface area contributed by atoms with Crippen molar-refractivity contribution in [3.05, 3.63) is 131 Å². The zero-order chi connectivity index (χ0) is 25.3. The van der Waals surface area contributed by atoms with E-state index in [0.29, 0.717) is 38.9 Å². The fraction of sp³-hybridized carbons (Fsp3) is 0.273. The second kappa shape index (κ2) is 12.6. The fourth-order valence-corrected chi connectivity index (χ4v) is 5.27. The van der Waals surface area contributed by atoms with Crippen molar-refractivity contribution in [2.45, 2.75) is 31.3 Å². The van der Waals surface area contributed by atoms with Crippen LogP contribution in [0.4, 0.5) is 0 Å². The van der Waals surface area contributed by atoms with Gasteiger partial charge >= 0.3 is 0 Å². The van der Waals surface area contributed by atoms with Crippen molar-refractivity contribution in [2.75, 3.05) is 26.4 Å². The summed E-state index contributed by atoms with van der Waals surface area (Å²) in [7, 11) is 0. The lowest BCUT2D eigenvalue weighted by Gasteiger charge is -2.35. The highest BCUT2D eigenvalue weighted by Crippen LogP contribution is 2.47. The van der Waals surface area contributed by atoms with E-state index in [0.717, 1.165) is 24.3 Å². The van der Waals surface area contributed by atoms with E-state index in [-0.39, 0.29) is 5.92 Å². The lowest BCUT2D eigenvalue weighted by atomic mass is 9.69. The van der Waals surface area contributed by atoms with Crippen molar-refractivity contribution in [3.8, 4) is 11.5 Å². The Hall–Kier alpha value is -3.60. The molecule has 4 aromatic carbocycles. The number of aryl methyl sites for hydroxylation is 1. The van der Waals surface area contributed by atoms with E-state index in [4.69, 9.17) is 19.9 Å². The van der Waals surface area contributed by atoms with Crippen molar-refractivity contribution in [1.82, 2.24) is 0 Å².